The Balaban J connectivity index is 2.02. The molecule has 0 radical (unpaired) electrons. The highest BCUT2D eigenvalue weighted by molar-refractivity contribution is 6.34. The zero-order valence-corrected chi connectivity index (χ0v) is 11.3. The number of aromatic nitrogens is 2. The highest BCUT2D eigenvalue weighted by atomic mass is 35.5. The summed E-state index contributed by atoms with van der Waals surface area (Å²) in [6.45, 7) is 3.73. The molecule has 19 heavy (non-hydrogen) atoms. The minimum Gasteiger partial charge on any atom is -0.372 e. The van der Waals surface area contributed by atoms with Gasteiger partial charge in [0.1, 0.15) is 5.69 Å². The molecule has 0 saturated carbocycles. The molecular formula is C14H13ClN2O2. The maximum Gasteiger partial charge on any atom is 0.212 e. The Morgan fingerprint density at radius 2 is 2.21 bits per heavy atom. The predicted octanol–water partition coefficient (Wildman–Crippen LogP) is 2.82. The second kappa shape index (κ2) is 4.79. The van der Waals surface area contributed by atoms with Gasteiger partial charge in [-0.2, -0.15) is 5.10 Å². The number of aryl methyl sites for hydroxylation is 1. The van der Waals surface area contributed by atoms with Crippen LogP contribution in [0.2, 0.25) is 5.02 Å². The lowest BCUT2D eigenvalue weighted by Gasteiger charge is -2.06. The number of halogens is 1. The summed E-state index contributed by atoms with van der Waals surface area (Å²) < 4.78 is 6.97. The van der Waals surface area contributed by atoms with Gasteiger partial charge in [0.05, 0.1) is 24.4 Å². The highest BCUT2D eigenvalue weighted by Gasteiger charge is 2.20. The summed E-state index contributed by atoms with van der Waals surface area (Å²) in [5.41, 5.74) is 3.29. The van der Waals surface area contributed by atoms with Crippen molar-refractivity contribution in [1.29, 1.82) is 0 Å². The van der Waals surface area contributed by atoms with Crippen LogP contribution in [-0.2, 0) is 24.5 Å². The molecule has 0 amide bonds. The van der Waals surface area contributed by atoms with E-state index < -0.39 is 0 Å². The Hall–Kier alpha value is -1.65. The van der Waals surface area contributed by atoms with Crippen molar-refractivity contribution in [3.8, 4) is 0 Å². The van der Waals surface area contributed by atoms with Gasteiger partial charge in [-0.05, 0) is 24.1 Å². The molecule has 2 aromatic rings. The summed E-state index contributed by atoms with van der Waals surface area (Å²) in [4.78, 5) is 12.5. The summed E-state index contributed by atoms with van der Waals surface area (Å²) in [6, 6.07) is 5.64. The molecule has 0 unspecified atom stereocenters. The number of carbonyl (C=O) groups is 1. The Labute approximate surface area is 115 Å². The number of fused-ring (bicyclic) bond motifs is 1. The number of hydrogen-bond acceptors (Lipinski definition) is 3. The molecule has 5 heteroatoms. The lowest BCUT2D eigenvalue weighted by molar-refractivity contribution is 0.102. The van der Waals surface area contributed by atoms with E-state index in [1.165, 1.54) is 6.20 Å². The molecule has 1 aromatic heterocycles. The summed E-state index contributed by atoms with van der Waals surface area (Å²) in [5, 5.41) is 4.48. The Kier molecular flexibility index (Phi) is 3.12. The fourth-order valence-electron chi connectivity index (χ4n) is 2.28. The third-order valence-electron chi connectivity index (χ3n) is 3.29. The third kappa shape index (κ3) is 2.07. The van der Waals surface area contributed by atoms with Gasteiger partial charge in [-0.15, -0.1) is 0 Å². The second-order valence-electron chi connectivity index (χ2n) is 4.46. The maximum absolute atomic E-state index is 12.5. The molecule has 98 valence electrons. The van der Waals surface area contributed by atoms with E-state index in [1.54, 1.807) is 4.68 Å². The van der Waals surface area contributed by atoms with Crippen molar-refractivity contribution in [2.75, 3.05) is 0 Å². The topological polar surface area (TPSA) is 44.1 Å². The summed E-state index contributed by atoms with van der Waals surface area (Å²) in [6.07, 6.45) is 1.51. The van der Waals surface area contributed by atoms with E-state index in [-0.39, 0.29) is 5.78 Å². The number of nitrogens with zero attached hydrogens (tertiary/aromatic N) is 2. The summed E-state index contributed by atoms with van der Waals surface area (Å²) in [7, 11) is 0. The van der Waals surface area contributed by atoms with Crippen molar-refractivity contribution < 1.29 is 9.53 Å². The second-order valence-corrected chi connectivity index (χ2v) is 4.87. The van der Waals surface area contributed by atoms with E-state index in [0.29, 0.717) is 36.0 Å². The first-order valence-corrected chi connectivity index (χ1v) is 6.54. The lowest BCUT2D eigenvalue weighted by Crippen LogP contribution is -2.11. The Bertz CT molecular complexity index is 649. The van der Waals surface area contributed by atoms with Gasteiger partial charge >= 0.3 is 0 Å². The first-order valence-electron chi connectivity index (χ1n) is 6.16. The first kappa shape index (κ1) is 12.4. The smallest absolute Gasteiger partial charge is 0.212 e. The lowest BCUT2D eigenvalue weighted by atomic mass is 10.0. The van der Waals surface area contributed by atoms with E-state index in [1.807, 2.05) is 25.1 Å². The van der Waals surface area contributed by atoms with Crippen LogP contribution in [0.4, 0.5) is 0 Å². The number of carbonyl (C=O) groups excluding carboxylic acids is 1. The quantitative estimate of drug-likeness (QED) is 0.810. The van der Waals surface area contributed by atoms with Crippen molar-refractivity contribution in [2.45, 2.75) is 26.7 Å². The van der Waals surface area contributed by atoms with Crippen molar-refractivity contribution in [2.24, 2.45) is 0 Å². The molecule has 0 aliphatic carbocycles. The molecule has 0 atom stereocenters. The van der Waals surface area contributed by atoms with Gasteiger partial charge in [0.25, 0.3) is 0 Å². The number of rotatable bonds is 3. The SMILES string of the molecule is CCn1ncc(Cl)c1C(=O)c1ccc2c(c1)COC2. The standard InChI is InChI=1S/C14H13ClN2O2/c1-2-17-13(12(15)6-16-17)14(18)9-3-4-10-7-19-8-11(10)5-9/h3-6H,2,7-8H2,1H3. The van der Waals surface area contributed by atoms with Gasteiger partial charge in [0.15, 0.2) is 0 Å². The average Bonchev–Trinajstić information content (AvgIpc) is 3.02. The molecule has 3 rings (SSSR count). The largest absolute Gasteiger partial charge is 0.372 e. The Morgan fingerprint density at radius 3 is 3.00 bits per heavy atom. The fraction of sp³-hybridized carbons (Fsp3) is 0.286. The predicted molar refractivity (Wildman–Crippen MR) is 71.3 cm³/mol. The van der Waals surface area contributed by atoms with Crippen molar-refractivity contribution in [3.63, 3.8) is 0 Å². The number of ether oxygens (including phenoxy) is 1. The molecule has 4 nitrogen and oxygen atoms in total. The van der Waals surface area contributed by atoms with Crippen LogP contribution in [0.3, 0.4) is 0 Å². The van der Waals surface area contributed by atoms with E-state index in [9.17, 15) is 4.79 Å². The zero-order chi connectivity index (χ0) is 13.4. The minimum absolute atomic E-state index is 0.0981. The van der Waals surface area contributed by atoms with Crippen LogP contribution in [0, 0.1) is 0 Å². The molecule has 1 aromatic carbocycles. The molecule has 0 fully saturated rings. The molecule has 0 saturated heterocycles. The number of benzene rings is 1. The van der Waals surface area contributed by atoms with E-state index in [2.05, 4.69) is 5.10 Å². The van der Waals surface area contributed by atoms with Gasteiger partial charge in [0.2, 0.25) is 5.78 Å². The molecule has 0 bridgehead atoms. The highest BCUT2D eigenvalue weighted by Crippen LogP contribution is 2.24. The number of ketones is 1. The number of hydrogen-bond donors (Lipinski definition) is 0. The zero-order valence-electron chi connectivity index (χ0n) is 10.5. The monoisotopic (exact) mass is 276 g/mol. The third-order valence-corrected chi connectivity index (χ3v) is 3.57. The van der Waals surface area contributed by atoms with Crippen LogP contribution in [0.5, 0.6) is 0 Å². The van der Waals surface area contributed by atoms with Crippen LogP contribution >= 0.6 is 11.6 Å². The molecule has 0 spiro atoms. The maximum atomic E-state index is 12.5. The van der Waals surface area contributed by atoms with Crippen LogP contribution < -0.4 is 0 Å². The van der Waals surface area contributed by atoms with Crippen LogP contribution in [0.25, 0.3) is 0 Å². The fourth-order valence-corrected chi connectivity index (χ4v) is 2.51. The van der Waals surface area contributed by atoms with Gasteiger partial charge in [-0.1, -0.05) is 23.7 Å². The van der Waals surface area contributed by atoms with Crippen LogP contribution in [0.15, 0.2) is 24.4 Å². The molecule has 2 heterocycles. The van der Waals surface area contributed by atoms with Crippen LogP contribution in [-0.4, -0.2) is 15.6 Å². The van der Waals surface area contributed by atoms with Crippen molar-refractivity contribution >= 4 is 17.4 Å². The van der Waals surface area contributed by atoms with Crippen molar-refractivity contribution in [1.82, 2.24) is 9.78 Å². The van der Waals surface area contributed by atoms with E-state index in [0.717, 1.165) is 11.1 Å². The van der Waals surface area contributed by atoms with Gasteiger partial charge in [-0.25, -0.2) is 0 Å². The van der Waals surface area contributed by atoms with Crippen molar-refractivity contribution in [3.05, 3.63) is 51.8 Å². The van der Waals surface area contributed by atoms with Gasteiger partial charge in [0, 0.05) is 12.1 Å². The summed E-state index contributed by atoms with van der Waals surface area (Å²) >= 11 is 6.06. The minimum atomic E-state index is -0.0981. The normalized spacial score (nSPS) is 13.6. The van der Waals surface area contributed by atoms with Gasteiger partial charge < -0.3 is 4.74 Å². The molecular weight excluding hydrogens is 264 g/mol. The first-order chi connectivity index (χ1) is 9.20. The molecule has 0 N–H and O–H groups in total. The molecule has 1 aliphatic heterocycles. The Morgan fingerprint density at radius 1 is 1.42 bits per heavy atom. The van der Waals surface area contributed by atoms with E-state index in [4.69, 9.17) is 16.3 Å². The molecule has 1 aliphatic rings. The van der Waals surface area contributed by atoms with Gasteiger partial charge in [-0.3, -0.25) is 9.48 Å². The summed E-state index contributed by atoms with van der Waals surface area (Å²) in [5.74, 6) is -0.0981. The van der Waals surface area contributed by atoms with Crippen LogP contribution in [0.1, 0.15) is 34.1 Å². The van der Waals surface area contributed by atoms with E-state index >= 15 is 0 Å². The average molecular weight is 277 g/mol.